The standard InChI is InChI=1S/C20H25FN4O2S/c1-24-11-8-23-20(24)28-12-9-22-19(27)16-5-6-18(26)25(14-16)10-7-15-3-2-4-17(21)13-15/h2-4,8,11,13,16H,5-7,9-10,12,14H2,1H3,(H,22,27)/t16-/m0/s1. The van der Waals surface area contributed by atoms with Gasteiger partial charge >= 0.3 is 0 Å². The number of halogens is 1. The van der Waals surface area contributed by atoms with E-state index in [0.717, 1.165) is 16.5 Å². The van der Waals surface area contributed by atoms with Crippen molar-refractivity contribution in [3.05, 3.63) is 48.0 Å². The molecule has 1 aromatic heterocycles. The molecule has 2 heterocycles. The van der Waals surface area contributed by atoms with Gasteiger partial charge in [0.1, 0.15) is 5.82 Å². The first kappa shape index (κ1) is 20.4. The third-order valence-corrected chi connectivity index (χ3v) is 5.90. The Morgan fingerprint density at radius 2 is 2.29 bits per heavy atom. The summed E-state index contributed by atoms with van der Waals surface area (Å²) in [5.41, 5.74) is 0.852. The van der Waals surface area contributed by atoms with Crippen molar-refractivity contribution in [3.63, 3.8) is 0 Å². The van der Waals surface area contributed by atoms with E-state index < -0.39 is 0 Å². The average Bonchev–Trinajstić information content (AvgIpc) is 3.09. The molecule has 8 heteroatoms. The molecule has 0 radical (unpaired) electrons. The van der Waals surface area contributed by atoms with Crippen molar-refractivity contribution >= 4 is 23.6 Å². The Morgan fingerprint density at radius 1 is 1.43 bits per heavy atom. The highest BCUT2D eigenvalue weighted by Crippen LogP contribution is 2.19. The first-order valence-corrected chi connectivity index (χ1v) is 10.4. The first-order valence-electron chi connectivity index (χ1n) is 9.43. The van der Waals surface area contributed by atoms with Crippen LogP contribution in [0, 0.1) is 11.7 Å². The number of imidazole rings is 1. The van der Waals surface area contributed by atoms with Gasteiger partial charge < -0.3 is 14.8 Å². The van der Waals surface area contributed by atoms with Gasteiger partial charge in [0.15, 0.2) is 5.16 Å². The number of amides is 2. The van der Waals surface area contributed by atoms with Crippen molar-refractivity contribution in [2.75, 3.05) is 25.4 Å². The number of nitrogens with zero attached hydrogens (tertiary/aromatic N) is 3. The highest BCUT2D eigenvalue weighted by atomic mass is 32.2. The number of carbonyl (C=O) groups is 2. The number of benzene rings is 1. The van der Waals surface area contributed by atoms with Gasteiger partial charge in [0, 0.05) is 51.2 Å². The monoisotopic (exact) mass is 404 g/mol. The molecule has 6 nitrogen and oxygen atoms in total. The SMILES string of the molecule is Cn1ccnc1SCCNC(=O)[C@H]1CCC(=O)N(CCc2cccc(F)c2)C1. The second kappa shape index (κ2) is 9.73. The Kier molecular flexibility index (Phi) is 7.08. The van der Waals surface area contributed by atoms with E-state index in [4.69, 9.17) is 0 Å². The summed E-state index contributed by atoms with van der Waals surface area (Å²) in [5.74, 6) is 0.326. The average molecular weight is 405 g/mol. The summed E-state index contributed by atoms with van der Waals surface area (Å²) in [4.78, 5) is 30.6. The predicted octanol–water partition coefficient (Wildman–Crippen LogP) is 2.25. The number of hydrogen-bond donors (Lipinski definition) is 1. The summed E-state index contributed by atoms with van der Waals surface area (Å²) in [6.07, 6.45) is 5.17. The fraction of sp³-hybridized carbons (Fsp3) is 0.450. The third-order valence-electron chi connectivity index (χ3n) is 4.84. The second-order valence-electron chi connectivity index (χ2n) is 6.92. The maximum atomic E-state index is 13.3. The highest BCUT2D eigenvalue weighted by molar-refractivity contribution is 7.99. The second-order valence-corrected chi connectivity index (χ2v) is 7.98. The fourth-order valence-corrected chi connectivity index (χ4v) is 4.04. The lowest BCUT2D eigenvalue weighted by Gasteiger charge is -2.32. The lowest BCUT2D eigenvalue weighted by molar-refractivity contribution is -0.138. The minimum Gasteiger partial charge on any atom is -0.355 e. The van der Waals surface area contributed by atoms with Crippen molar-refractivity contribution in [1.82, 2.24) is 19.8 Å². The van der Waals surface area contributed by atoms with E-state index in [1.165, 1.54) is 12.1 Å². The maximum absolute atomic E-state index is 13.3. The Morgan fingerprint density at radius 3 is 3.04 bits per heavy atom. The van der Waals surface area contributed by atoms with Gasteiger partial charge in [0.05, 0.1) is 5.92 Å². The van der Waals surface area contributed by atoms with E-state index in [1.54, 1.807) is 28.9 Å². The summed E-state index contributed by atoms with van der Waals surface area (Å²) in [6, 6.07) is 6.41. The van der Waals surface area contributed by atoms with E-state index in [9.17, 15) is 14.0 Å². The number of hydrogen-bond acceptors (Lipinski definition) is 4. The first-order chi connectivity index (χ1) is 13.5. The van der Waals surface area contributed by atoms with Gasteiger partial charge in [-0.2, -0.15) is 0 Å². The van der Waals surface area contributed by atoms with Crippen molar-refractivity contribution in [2.45, 2.75) is 24.4 Å². The van der Waals surface area contributed by atoms with Gasteiger partial charge in [-0.15, -0.1) is 0 Å². The lowest BCUT2D eigenvalue weighted by atomic mass is 9.96. The van der Waals surface area contributed by atoms with E-state index in [-0.39, 0.29) is 23.5 Å². The Balaban J connectivity index is 1.43. The highest BCUT2D eigenvalue weighted by Gasteiger charge is 2.29. The van der Waals surface area contributed by atoms with Crippen molar-refractivity contribution in [1.29, 1.82) is 0 Å². The fourth-order valence-electron chi connectivity index (χ4n) is 3.25. The zero-order valence-electron chi connectivity index (χ0n) is 15.9. The van der Waals surface area contributed by atoms with E-state index in [1.807, 2.05) is 23.9 Å². The molecule has 0 spiro atoms. The van der Waals surface area contributed by atoms with Crippen molar-refractivity contribution in [3.8, 4) is 0 Å². The van der Waals surface area contributed by atoms with Crippen LogP contribution in [0.4, 0.5) is 4.39 Å². The van der Waals surface area contributed by atoms with Crippen LogP contribution in [0.5, 0.6) is 0 Å². The summed E-state index contributed by atoms with van der Waals surface area (Å²) in [5, 5.41) is 3.88. The molecule has 1 aliphatic heterocycles. The molecule has 28 heavy (non-hydrogen) atoms. The molecule has 1 fully saturated rings. The van der Waals surface area contributed by atoms with Crippen LogP contribution in [0.1, 0.15) is 18.4 Å². The molecule has 1 aromatic carbocycles. The predicted molar refractivity (Wildman–Crippen MR) is 106 cm³/mol. The lowest BCUT2D eigenvalue weighted by Crippen LogP contribution is -2.46. The smallest absolute Gasteiger partial charge is 0.224 e. The molecular weight excluding hydrogens is 379 g/mol. The number of rotatable bonds is 8. The number of carbonyl (C=O) groups excluding carboxylic acids is 2. The quantitative estimate of drug-likeness (QED) is 0.541. The number of likely N-dealkylation sites (tertiary alicyclic amines) is 1. The number of nitrogens with one attached hydrogen (secondary N) is 1. The van der Waals surface area contributed by atoms with Gasteiger partial charge in [-0.1, -0.05) is 23.9 Å². The molecule has 1 aliphatic rings. The topological polar surface area (TPSA) is 67.2 Å². The summed E-state index contributed by atoms with van der Waals surface area (Å²) >= 11 is 1.59. The van der Waals surface area contributed by atoms with Crippen molar-refractivity contribution in [2.24, 2.45) is 13.0 Å². The molecule has 0 unspecified atom stereocenters. The van der Waals surface area contributed by atoms with Gasteiger partial charge in [0.25, 0.3) is 0 Å². The number of aromatic nitrogens is 2. The normalized spacial score (nSPS) is 17.0. The molecule has 0 saturated carbocycles. The molecule has 2 aromatic rings. The van der Waals surface area contributed by atoms with Crippen LogP contribution in [0.2, 0.25) is 0 Å². The third kappa shape index (κ3) is 5.58. The van der Waals surface area contributed by atoms with Gasteiger partial charge in [-0.3, -0.25) is 9.59 Å². The Hall–Kier alpha value is -2.35. The molecule has 2 amide bonds. The Bertz CT molecular complexity index is 826. The van der Waals surface area contributed by atoms with E-state index in [2.05, 4.69) is 10.3 Å². The van der Waals surface area contributed by atoms with Gasteiger partial charge in [-0.05, 0) is 30.5 Å². The zero-order chi connectivity index (χ0) is 19.9. The van der Waals surface area contributed by atoms with Crippen LogP contribution < -0.4 is 5.32 Å². The molecule has 1 atom stereocenters. The van der Waals surface area contributed by atoms with Gasteiger partial charge in [0.2, 0.25) is 11.8 Å². The number of thioether (sulfide) groups is 1. The zero-order valence-corrected chi connectivity index (χ0v) is 16.8. The van der Waals surface area contributed by atoms with Gasteiger partial charge in [-0.25, -0.2) is 9.37 Å². The summed E-state index contributed by atoms with van der Waals surface area (Å²) in [7, 11) is 1.94. The molecule has 3 rings (SSSR count). The van der Waals surface area contributed by atoms with Crippen LogP contribution in [-0.4, -0.2) is 51.7 Å². The molecule has 0 aliphatic carbocycles. The Labute approximate surface area is 168 Å². The maximum Gasteiger partial charge on any atom is 0.224 e. The molecule has 1 saturated heterocycles. The molecule has 150 valence electrons. The van der Waals surface area contributed by atoms with Crippen LogP contribution >= 0.6 is 11.8 Å². The number of aryl methyl sites for hydroxylation is 1. The minimum atomic E-state index is -0.275. The summed E-state index contributed by atoms with van der Waals surface area (Å²) in [6.45, 7) is 1.48. The molecule has 0 bridgehead atoms. The number of piperidine rings is 1. The van der Waals surface area contributed by atoms with E-state index >= 15 is 0 Å². The minimum absolute atomic E-state index is 0.0105. The van der Waals surface area contributed by atoms with Crippen LogP contribution in [0.25, 0.3) is 0 Å². The van der Waals surface area contributed by atoms with Crippen molar-refractivity contribution < 1.29 is 14.0 Å². The largest absolute Gasteiger partial charge is 0.355 e. The van der Waals surface area contributed by atoms with E-state index in [0.29, 0.717) is 38.9 Å². The van der Waals surface area contributed by atoms with Crippen LogP contribution in [-0.2, 0) is 23.1 Å². The molecular formula is C20H25FN4O2S. The van der Waals surface area contributed by atoms with Crippen LogP contribution in [0.3, 0.4) is 0 Å². The molecule has 1 N–H and O–H groups in total. The summed E-state index contributed by atoms with van der Waals surface area (Å²) < 4.78 is 15.2. The van der Waals surface area contributed by atoms with Crippen LogP contribution in [0.15, 0.2) is 41.8 Å².